The summed E-state index contributed by atoms with van der Waals surface area (Å²) in [5.41, 5.74) is 1.92. The van der Waals surface area contributed by atoms with E-state index in [1.165, 1.54) is 17.7 Å². The number of amides is 2. The Hall–Kier alpha value is -2.74. The first-order chi connectivity index (χ1) is 11.6. The quantitative estimate of drug-likeness (QED) is 0.737. The van der Waals surface area contributed by atoms with Crippen molar-refractivity contribution in [1.82, 2.24) is 9.97 Å². The number of thiazole rings is 1. The van der Waals surface area contributed by atoms with Crippen LogP contribution in [-0.2, 0) is 4.79 Å². The SMILES string of the molecule is CCCC(=O)Nc1nc2ccc(NC(=O)c3ocnc3C)cc2s1. The summed E-state index contributed by atoms with van der Waals surface area (Å²) in [6.07, 6.45) is 2.49. The molecular formula is C16H16N4O3S. The number of hydrogen-bond donors (Lipinski definition) is 2. The fourth-order valence-corrected chi connectivity index (χ4v) is 3.09. The Morgan fingerprint density at radius 2 is 2.12 bits per heavy atom. The predicted molar refractivity (Wildman–Crippen MR) is 92.4 cm³/mol. The number of carbonyl (C=O) groups excluding carboxylic acids is 2. The third kappa shape index (κ3) is 3.43. The van der Waals surface area contributed by atoms with Crippen LogP contribution in [0, 0.1) is 6.92 Å². The maximum Gasteiger partial charge on any atom is 0.293 e. The second-order valence-corrected chi connectivity index (χ2v) is 6.25. The van der Waals surface area contributed by atoms with Gasteiger partial charge in [-0.15, -0.1) is 0 Å². The molecule has 0 unspecified atom stereocenters. The third-order valence-electron chi connectivity index (χ3n) is 3.32. The van der Waals surface area contributed by atoms with E-state index in [9.17, 15) is 9.59 Å². The number of nitrogens with zero attached hydrogens (tertiary/aromatic N) is 2. The van der Waals surface area contributed by atoms with Crippen LogP contribution in [0.4, 0.5) is 10.8 Å². The summed E-state index contributed by atoms with van der Waals surface area (Å²) in [4.78, 5) is 32.1. The van der Waals surface area contributed by atoms with Gasteiger partial charge in [0.05, 0.1) is 15.9 Å². The van der Waals surface area contributed by atoms with Crippen LogP contribution in [0.2, 0.25) is 0 Å². The van der Waals surface area contributed by atoms with Gasteiger partial charge >= 0.3 is 0 Å². The van der Waals surface area contributed by atoms with E-state index in [1.807, 2.05) is 13.0 Å². The van der Waals surface area contributed by atoms with Crippen LogP contribution < -0.4 is 10.6 Å². The van der Waals surface area contributed by atoms with Crippen molar-refractivity contribution in [1.29, 1.82) is 0 Å². The van der Waals surface area contributed by atoms with Crippen molar-refractivity contribution < 1.29 is 14.0 Å². The highest BCUT2D eigenvalue weighted by atomic mass is 32.1. The number of nitrogens with one attached hydrogen (secondary N) is 2. The van der Waals surface area contributed by atoms with Crippen molar-refractivity contribution in [3.05, 3.63) is 36.0 Å². The number of oxazole rings is 1. The van der Waals surface area contributed by atoms with E-state index in [2.05, 4.69) is 20.6 Å². The van der Waals surface area contributed by atoms with Crippen molar-refractivity contribution in [3.8, 4) is 0 Å². The Labute approximate surface area is 142 Å². The van der Waals surface area contributed by atoms with Gasteiger partial charge in [-0.1, -0.05) is 18.3 Å². The second kappa shape index (κ2) is 6.79. The summed E-state index contributed by atoms with van der Waals surface area (Å²) in [6, 6.07) is 5.36. The molecule has 3 rings (SSSR count). The van der Waals surface area contributed by atoms with Crippen LogP contribution >= 0.6 is 11.3 Å². The molecule has 0 atom stereocenters. The van der Waals surface area contributed by atoms with Crippen LogP contribution in [0.5, 0.6) is 0 Å². The van der Waals surface area contributed by atoms with Crippen molar-refractivity contribution in [2.75, 3.05) is 10.6 Å². The fraction of sp³-hybridized carbons (Fsp3) is 0.250. The highest BCUT2D eigenvalue weighted by Crippen LogP contribution is 2.28. The normalized spacial score (nSPS) is 10.8. The van der Waals surface area contributed by atoms with Crippen molar-refractivity contribution in [3.63, 3.8) is 0 Å². The largest absolute Gasteiger partial charge is 0.438 e. The standard InChI is InChI=1S/C16H16N4O3S/c1-3-4-13(21)20-16-19-11-6-5-10(7-12(11)24-16)18-15(22)14-9(2)17-8-23-14/h5-8H,3-4H2,1-2H3,(H,18,22)(H,19,20,21). The molecule has 1 aromatic carbocycles. The van der Waals surface area contributed by atoms with Gasteiger partial charge in [0, 0.05) is 12.1 Å². The first kappa shape index (κ1) is 16.1. The van der Waals surface area contributed by atoms with Crippen LogP contribution in [0.1, 0.15) is 36.0 Å². The maximum absolute atomic E-state index is 12.1. The van der Waals surface area contributed by atoms with E-state index in [-0.39, 0.29) is 17.6 Å². The molecule has 0 bridgehead atoms. The minimum atomic E-state index is -0.356. The summed E-state index contributed by atoms with van der Waals surface area (Å²) in [7, 11) is 0. The number of hydrogen-bond acceptors (Lipinski definition) is 6. The number of carbonyl (C=O) groups is 2. The van der Waals surface area contributed by atoms with E-state index in [0.717, 1.165) is 16.6 Å². The van der Waals surface area contributed by atoms with Gasteiger partial charge < -0.3 is 15.1 Å². The number of anilines is 2. The van der Waals surface area contributed by atoms with Crippen molar-refractivity contribution in [2.24, 2.45) is 0 Å². The number of aromatic nitrogens is 2. The molecule has 124 valence electrons. The Kier molecular flexibility index (Phi) is 4.57. The molecule has 2 amide bonds. The molecule has 24 heavy (non-hydrogen) atoms. The van der Waals surface area contributed by atoms with Crippen LogP contribution in [0.15, 0.2) is 29.0 Å². The van der Waals surface area contributed by atoms with Crippen molar-refractivity contribution >= 4 is 44.2 Å². The summed E-state index contributed by atoms with van der Waals surface area (Å²) in [5, 5.41) is 6.10. The minimum absolute atomic E-state index is 0.0501. The second-order valence-electron chi connectivity index (χ2n) is 5.22. The predicted octanol–water partition coefficient (Wildman–Crippen LogP) is 3.58. The topological polar surface area (TPSA) is 97.1 Å². The third-order valence-corrected chi connectivity index (χ3v) is 4.26. The molecule has 2 heterocycles. The Bertz CT molecular complexity index is 900. The molecule has 0 saturated heterocycles. The zero-order valence-electron chi connectivity index (χ0n) is 13.3. The van der Waals surface area contributed by atoms with E-state index in [4.69, 9.17) is 4.42 Å². The molecule has 7 nitrogen and oxygen atoms in total. The molecule has 0 fully saturated rings. The molecule has 0 saturated carbocycles. The molecule has 2 N–H and O–H groups in total. The van der Waals surface area contributed by atoms with Gasteiger partial charge in [0.1, 0.15) is 0 Å². The van der Waals surface area contributed by atoms with E-state index < -0.39 is 0 Å². The van der Waals surface area contributed by atoms with Crippen LogP contribution in [0.25, 0.3) is 10.2 Å². The van der Waals surface area contributed by atoms with E-state index in [1.54, 1.807) is 19.1 Å². The summed E-state index contributed by atoms with van der Waals surface area (Å²) >= 11 is 1.36. The lowest BCUT2D eigenvalue weighted by Crippen LogP contribution is -2.12. The maximum atomic E-state index is 12.1. The summed E-state index contributed by atoms with van der Waals surface area (Å²) < 4.78 is 5.95. The summed E-state index contributed by atoms with van der Waals surface area (Å²) in [5.74, 6) is -0.219. The lowest BCUT2D eigenvalue weighted by molar-refractivity contribution is -0.116. The monoisotopic (exact) mass is 344 g/mol. The molecule has 0 aliphatic heterocycles. The smallest absolute Gasteiger partial charge is 0.293 e. The molecule has 0 aliphatic rings. The first-order valence-corrected chi connectivity index (χ1v) is 8.30. The Balaban J connectivity index is 1.77. The zero-order valence-corrected chi connectivity index (χ0v) is 14.1. The fourth-order valence-electron chi connectivity index (χ4n) is 2.17. The van der Waals surface area contributed by atoms with E-state index in [0.29, 0.717) is 22.9 Å². The van der Waals surface area contributed by atoms with Gasteiger partial charge in [-0.2, -0.15) is 0 Å². The molecular weight excluding hydrogens is 328 g/mol. The molecule has 2 aromatic heterocycles. The first-order valence-electron chi connectivity index (χ1n) is 7.48. The van der Waals surface area contributed by atoms with Crippen LogP contribution in [0.3, 0.4) is 0 Å². The zero-order chi connectivity index (χ0) is 17.1. The van der Waals surface area contributed by atoms with Gasteiger partial charge in [0.2, 0.25) is 11.7 Å². The number of aryl methyl sites for hydroxylation is 1. The average molecular weight is 344 g/mol. The number of fused-ring (bicyclic) bond motifs is 1. The van der Waals surface area contributed by atoms with Gasteiger partial charge in [0.15, 0.2) is 11.5 Å². The highest BCUT2D eigenvalue weighted by molar-refractivity contribution is 7.22. The highest BCUT2D eigenvalue weighted by Gasteiger charge is 2.15. The number of benzene rings is 1. The lowest BCUT2D eigenvalue weighted by Gasteiger charge is -2.03. The van der Waals surface area contributed by atoms with Crippen LogP contribution in [-0.4, -0.2) is 21.8 Å². The van der Waals surface area contributed by atoms with Gasteiger partial charge in [-0.3, -0.25) is 9.59 Å². The van der Waals surface area contributed by atoms with Gasteiger partial charge in [-0.05, 0) is 31.5 Å². The molecule has 8 heteroatoms. The van der Waals surface area contributed by atoms with Gasteiger partial charge in [0.25, 0.3) is 5.91 Å². The lowest BCUT2D eigenvalue weighted by atomic mass is 10.3. The molecule has 0 aliphatic carbocycles. The van der Waals surface area contributed by atoms with Crippen molar-refractivity contribution in [2.45, 2.75) is 26.7 Å². The molecule has 0 radical (unpaired) electrons. The molecule has 3 aromatic rings. The Morgan fingerprint density at radius 3 is 2.83 bits per heavy atom. The molecule has 0 spiro atoms. The summed E-state index contributed by atoms with van der Waals surface area (Å²) in [6.45, 7) is 3.65. The minimum Gasteiger partial charge on any atom is -0.438 e. The van der Waals surface area contributed by atoms with Gasteiger partial charge in [-0.25, -0.2) is 9.97 Å². The van der Waals surface area contributed by atoms with E-state index >= 15 is 0 Å². The Morgan fingerprint density at radius 1 is 1.29 bits per heavy atom. The average Bonchev–Trinajstić information content (AvgIpc) is 3.12. The number of rotatable bonds is 5.